The van der Waals surface area contributed by atoms with Gasteiger partial charge in [-0.2, -0.15) is 0 Å². The Balaban J connectivity index is 2.15. The molecule has 0 aliphatic heterocycles. The first kappa shape index (κ1) is 9.98. The molecule has 0 spiro atoms. The molecule has 1 heterocycles. The Bertz CT molecular complexity index is 396. The summed E-state index contributed by atoms with van der Waals surface area (Å²) in [6.45, 7) is 1.95. The van der Waals surface area contributed by atoms with E-state index in [1.54, 1.807) is 24.5 Å². The third kappa shape index (κ3) is 2.70. The SMILES string of the molecule is Cc1cnc(Sc2ccc(O)cc2)nc1. The molecule has 0 saturated heterocycles. The van der Waals surface area contributed by atoms with E-state index in [9.17, 15) is 0 Å². The van der Waals surface area contributed by atoms with Crippen molar-refractivity contribution in [2.24, 2.45) is 0 Å². The highest BCUT2D eigenvalue weighted by atomic mass is 32.2. The second-order valence-corrected chi connectivity index (χ2v) is 4.18. The molecule has 4 heteroatoms. The van der Waals surface area contributed by atoms with Gasteiger partial charge in [-0.3, -0.25) is 0 Å². The zero-order chi connectivity index (χ0) is 10.7. The molecule has 0 aliphatic rings. The van der Waals surface area contributed by atoms with E-state index in [0.29, 0.717) is 5.16 Å². The van der Waals surface area contributed by atoms with E-state index in [0.717, 1.165) is 10.5 Å². The van der Waals surface area contributed by atoms with Gasteiger partial charge in [-0.05, 0) is 48.5 Å². The van der Waals surface area contributed by atoms with E-state index in [1.807, 2.05) is 19.1 Å². The molecular formula is C11H10N2OS. The zero-order valence-electron chi connectivity index (χ0n) is 8.21. The first-order chi connectivity index (χ1) is 7.24. The average Bonchev–Trinajstić information content (AvgIpc) is 2.25. The van der Waals surface area contributed by atoms with Crippen molar-refractivity contribution >= 4 is 11.8 Å². The summed E-state index contributed by atoms with van der Waals surface area (Å²) in [4.78, 5) is 9.38. The first-order valence-electron chi connectivity index (χ1n) is 4.49. The van der Waals surface area contributed by atoms with E-state index in [-0.39, 0.29) is 5.75 Å². The molecule has 1 aromatic carbocycles. The van der Waals surface area contributed by atoms with Crippen LogP contribution in [0.3, 0.4) is 0 Å². The van der Waals surface area contributed by atoms with Gasteiger partial charge in [0.1, 0.15) is 5.75 Å². The number of aromatic hydroxyl groups is 1. The summed E-state index contributed by atoms with van der Waals surface area (Å²) in [5, 5.41) is 9.83. The van der Waals surface area contributed by atoms with E-state index in [1.165, 1.54) is 11.8 Å². The monoisotopic (exact) mass is 218 g/mol. The van der Waals surface area contributed by atoms with Crippen molar-refractivity contribution in [3.05, 3.63) is 42.2 Å². The lowest BCUT2D eigenvalue weighted by atomic mass is 10.3. The Labute approximate surface area is 92.2 Å². The van der Waals surface area contributed by atoms with Crippen LogP contribution >= 0.6 is 11.8 Å². The molecule has 0 saturated carbocycles. The summed E-state index contributed by atoms with van der Waals surface area (Å²) in [5.74, 6) is 0.268. The molecule has 0 atom stereocenters. The molecule has 2 aromatic rings. The van der Waals surface area contributed by atoms with Gasteiger partial charge in [0.25, 0.3) is 0 Å². The Kier molecular flexibility index (Phi) is 2.87. The van der Waals surface area contributed by atoms with Gasteiger partial charge in [0.2, 0.25) is 0 Å². The summed E-state index contributed by atoms with van der Waals surface area (Å²) in [6.07, 6.45) is 3.57. The van der Waals surface area contributed by atoms with Crippen LogP contribution in [0.1, 0.15) is 5.56 Å². The van der Waals surface area contributed by atoms with Gasteiger partial charge in [-0.1, -0.05) is 0 Å². The highest BCUT2D eigenvalue weighted by Gasteiger charge is 1.99. The normalized spacial score (nSPS) is 10.2. The smallest absolute Gasteiger partial charge is 0.192 e. The highest BCUT2D eigenvalue weighted by molar-refractivity contribution is 7.99. The Morgan fingerprint density at radius 2 is 1.67 bits per heavy atom. The van der Waals surface area contributed by atoms with E-state index < -0.39 is 0 Å². The second kappa shape index (κ2) is 4.31. The maximum atomic E-state index is 9.12. The summed E-state index contributed by atoms with van der Waals surface area (Å²) < 4.78 is 0. The maximum Gasteiger partial charge on any atom is 0.192 e. The maximum absolute atomic E-state index is 9.12. The quantitative estimate of drug-likeness (QED) is 0.787. The Hall–Kier alpha value is -1.55. The molecular weight excluding hydrogens is 208 g/mol. The molecule has 1 N–H and O–H groups in total. The number of nitrogens with zero attached hydrogens (tertiary/aromatic N) is 2. The van der Waals surface area contributed by atoms with Gasteiger partial charge < -0.3 is 5.11 Å². The largest absolute Gasteiger partial charge is 0.508 e. The van der Waals surface area contributed by atoms with Crippen LogP contribution in [-0.2, 0) is 0 Å². The van der Waals surface area contributed by atoms with Crippen molar-refractivity contribution in [1.82, 2.24) is 9.97 Å². The third-order valence-electron chi connectivity index (χ3n) is 1.80. The number of aryl methyl sites for hydroxylation is 1. The lowest BCUT2D eigenvalue weighted by Gasteiger charge is -2.00. The molecule has 76 valence electrons. The molecule has 0 bridgehead atoms. The highest BCUT2D eigenvalue weighted by Crippen LogP contribution is 2.25. The number of phenols is 1. The number of phenolic OH excluding ortho intramolecular Hbond substituents is 1. The molecule has 1 aromatic heterocycles. The number of aromatic nitrogens is 2. The van der Waals surface area contributed by atoms with Crippen molar-refractivity contribution in [1.29, 1.82) is 0 Å². The number of benzene rings is 1. The summed E-state index contributed by atoms with van der Waals surface area (Å²) in [7, 11) is 0. The van der Waals surface area contributed by atoms with Gasteiger partial charge in [-0.15, -0.1) is 0 Å². The standard InChI is InChI=1S/C11H10N2OS/c1-8-6-12-11(13-7-8)15-10-4-2-9(14)3-5-10/h2-7,14H,1H3. The summed E-state index contributed by atoms with van der Waals surface area (Å²) in [5.41, 5.74) is 1.05. The molecule has 0 radical (unpaired) electrons. The van der Waals surface area contributed by atoms with Gasteiger partial charge in [0.15, 0.2) is 5.16 Å². The molecule has 2 rings (SSSR count). The van der Waals surface area contributed by atoms with Crippen LogP contribution in [0.15, 0.2) is 46.7 Å². The third-order valence-corrected chi connectivity index (χ3v) is 2.70. The predicted octanol–water partition coefficient (Wildman–Crippen LogP) is 2.64. The van der Waals surface area contributed by atoms with Gasteiger partial charge in [-0.25, -0.2) is 9.97 Å². The van der Waals surface area contributed by atoms with Crippen molar-refractivity contribution in [2.75, 3.05) is 0 Å². The van der Waals surface area contributed by atoms with Gasteiger partial charge in [0, 0.05) is 17.3 Å². The fourth-order valence-corrected chi connectivity index (χ4v) is 1.75. The topological polar surface area (TPSA) is 46.0 Å². The molecule has 15 heavy (non-hydrogen) atoms. The van der Waals surface area contributed by atoms with Crippen molar-refractivity contribution in [2.45, 2.75) is 17.0 Å². The number of hydrogen-bond acceptors (Lipinski definition) is 4. The molecule has 0 aliphatic carbocycles. The van der Waals surface area contributed by atoms with Crippen LogP contribution in [0.5, 0.6) is 5.75 Å². The number of rotatable bonds is 2. The lowest BCUT2D eigenvalue weighted by Crippen LogP contribution is -1.85. The van der Waals surface area contributed by atoms with Crippen LogP contribution in [0.25, 0.3) is 0 Å². The fourth-order valence-electron chi connectivity index (χ4n) is 1.05. The van der Waals surface area contributed by atoms with E-state index in [2.05, 4.69) is 9.97 Å². The minimum atomic E-state index is 0.268. The van der Waals surface area contributed by atoms with Gasteiger partial charge in [0.05, 0.1) is 0 Å². The minimum Gasteiger partial charge on any atom is -0.508 e. The molecule has 0 amide bonds. The fraction of sp³-hybridized carbons (Fsp3) is 0.0909. The summed E-state index contributed by atoms with van der Waals surface area (Å²) in [6, 6.07) is 6.97. The number of hydrogen-bond donors (Lipinski definition) is 1. The Morgan fingerprint density at radius 3 is 2.27 bits per heavy atom. The molecule has 0 fully saturated rings. The van der Waals surface area contributed by atoms with Crippen molar-refractivity contribution in [3.8, 4) is 5.75 Å². The van der Waals surface area contributed by atoms with Crippen LogP contribution in [-0.4, -0.2) is 15.1 Å². The van der Waals surface area contributed by atoms with Crippen LogP contribution < -0.4 is 0 Å². The van der Waals surface area contributed by atoms with Gasteiger partial charge >= 0.3 is 0 Å². The Morgan fingerprint density at radius 1 is 1.07 bits per heavy atom. The van der Waals surface area contributed by atoms with Crippen molar-refractivity contribution < 1.29 is 5.11 Å². The predicted molar refractivity (Wildman–Crippen MR) is 59.0 cm³/mol. The second-order valence-electron chi connectivity index (χ2n) is 3.14. The van der Waals surface area contributed by atoms with Crippen LogP contribution in [0.2, 0.25) is 0 Å². The average molecular weight is 218 g/mol. The first-order valence-corrected chi connectivity index (χ1v) is 5.31. The zero-order valence-corrected chi connectivity index (χ0v) is 9.03. The molecule has 0 unspecified atom stereocenters. The lowest BCUT2D eigenvalue weighted by molar-refractivity contribution is 0.475. The van der Waals surface area contributed by atoms with E-state index >= 15 is 0 Å². The molecule has 3 nitrogen and oxygen atoms in total. The minimum absolute atomic E-state index is 0.268. The summed E-state index contributed by atoms with van der Waals surface area (Å²) >= 11 is 1.47. The van der Waals surface area contributed by atoms with Crippen LogP contribution in [0.4, 0.5) is 0 Å². The van der Waals surface area contributed by atoms with E-state index in [4.69, 9.17) is 5.11 Å². The van der Waals surface area contributed by atoms with Crippen LogP contribution in [0, 0.1) is 6.92 Å². The van der Waals surface area contributed by atoms with Crippen molar-refractivity contribution in [3.63, 3.8) is 0 Å².